The Labute approximate surface area is 111 Å². The molecular formula is C13H18N4S. The first-order valence-electron chi connectivity index (χ1n) is 6.02. The lowest BCUT2D eigenvalue weighted by Crippen LogP contribution is -2.23. The van der Waals surface area contributed by atoms with E-state index < -0.39 is 0 Å². The van der Waals surface area contributed by atoms with Gasteiger partial charge in [-0.3, -0.25) is 9.88 Å². The van der Waals surface area contributed by atoms with Gasteiger partial charge in [-0.05, 0) is 25.6 Å². The van der Waals surface area contributed by atoms with Crippen LogP contribution >= 0.6 is 11.3 Å². The van der Waals surface area contributed by atoms with Gasteiger partial charge in [-0.1, -0.05) is 13.0 Å². The highest BCUT2D eigenvalue weighted by Gasteiger charge is 2.08. The van der Waals surface area contributed by atoms with Crippen LogP contribution in [0.4, 0.5) is 5.13 Å². The second kappa shape index (κ2) is 5.93. The molecule has 2 heterocycles. The van der Waals surface area contributed by atoms with E-state index in [1.54, 1.807) is 0 Å². The summed E-state index contributed by atoms with van der Waals surface area (Å²) in [6.07, 6.45) is 0. The fourth-order valence-corrected chi connectivity index (χ4v) is 2.37. The van der Waals surface area contributed by atoms with Gasteiger partial charge in [0.1, 0.15) is 0 Å². The first-order valence-corrected chi connectivity index (χ1v) is 6.90. The van der Waals surface area contributed by atoms with E-state index in [0.29, 0.717) is 5.13 Å². The Morgan fingerprint density at radius 2 is 2.00 bits per heavy atom. The number of aromatic nitrogens is 2. The van der Waals surface area contributed by atoms with Gasteiger partial charge in [0.25, 0.3) is 0 Å². The third-order valence-corrected chi connectivity index (χ3v) is 3.46. The number of thiazole rings is 1. The minimum atomic E-state index is 0.634. The number of hydrogen-bond acceptors (Lipinski definition) is 5. The number of nitrogens with two attached hydrogens (primary N) is 1. The van der Waals surface area contributed by atoms with Crippen molar-refractivity contribution < 1.29 is 0 Å². The van der Waals surface area contributed by atoms with Crippen LogP contribution in [0.2, 0.25) is 0 Å². The number of rotatable bonds is 5. The summed E-state index contributed by atoms with van der Waals surface area (Å²) in [6, 6.07) is 6.12. The van der Waals surface area contributed by atoms with Crippen molar-refractivity contribution in [3.63, 3.8) is 0 Å². The van der Waals surface area contributed by atoms with Gasteiger partial charge in [0.05, 0.1) is 11.4 Å². The van der Waals surface area contributed by atoms with E-state index in [4.69, 9.17) is 5.73 Å². The van der Waals surface area contributed by atoms with Gasteiger partial charge in [-0.2, -0.15) is 0 Å². The normalized spacial score (nSPS) is 11.1. The average molecular weight is 262 g/mol. The van der Waals surface area contributed by atoms with E-state index in [-0.39, 0.29) is 0 Å². The molecule has 0 saturated heterocycles. The summed E-state index contributed by atoms with van der Waals surface area (Å²) in [6.45, 7) is 6.79. The summed E-state index contributed by atoms with van der Waals surface area (Å²) in [4.78, 5) is 11.1. The molecule has 0 saturated carbocycles. The lowest BCUT2D eigenvalue weighted by atomic mass is 10.3. The fourth-order valence-electron chi connectivity index (χ4n) is 1.82. The van der Waals surface area contributed by atoms with Crippen LogP contribution in [0.25, 0.3) is 0 Å². The summed E-state index contributed by atoms with van der Waals surface area (Å²) in [5.41, 5.74) is 8.83. The standard InChI is InChI=1S/C13H18N4S/c1-3-17(8-12-9-18-13(14)16-12)7-11-6-4-5-10(2)15-11/h4-6,9H,3,7-8H2,1-2H3,(H2,14,16). The number of hydrogen-bond donors (Lipinski definition) is 1. The zero-order valence-corrected chi connectivity index (χ0v) is 11.6. The summed E-state index contributed by atoms with van der Waals surface area (Å²) in [5, 5.41) is 2.65. The molecule has 0 radical (unpaired) electrons. The molecule has 2 aromatic heterocycles. The summed E-state index contributed by atoms with van der Waals surface area (Å²) in [5.74, 6) is 0. The maximum atomic E-state index is 5.64. The Hall–Kier alpha value is -1.46. The van der Waals surface area contributed by atoms with E-state index in [9.17, 15) is 0 Å². The molecule has 2 aromatic rings. The zero-order valence-electron chi connectivity index (χ0n) is 10.8. The van der Waals surface area contributed by atoms with E-state index >= 15 is 0 Å². The highest BCUT2D eigenvalue weighted by atomic mass is 32.1. The van der Waals surface area contributed by atoms with Crippen molar-refractivity contribution in [2.45, 2.75) is 26.9 Å². The molecule has 0 amide bonds. The molecule has 18 heavy (non-hydrogen) atoms. The van der Waals surface area contributed by atoms with Crippen molar-refractivity contribution in [2.24, 2.45) is 0 Å². The van der Waals surface area contributed by atoms with E-state index in [0.717, 1.165) is 36.7 Å². The second-order valence-electron chi connectivity index (χ2n) is 4.25. The Bertz CT molecular complexity index is 509. The molecule has 0 aliphatic carbocycles. The number of nitrogens with zero attached hydrogens (tertiary/aromatic N) is 3. The molecule has 0 unspecified atom stereocenters. The topological polar surface area (TPSA) is 55.0 Å². The molecule has 0 fully saturated rings. The maximum Gasteiger partial charge on any atom is 0.180 e. The van der Waals surface area contributed by atoms with Crippen LogP contribution in [-0.2, 0) is 13.1 Å². The molecule has 0 spiro atoms. The molecule has 5 heteroatoms. The summed E-state index contributed by atoms with van der Waals surface area (Å²) >= 11 is 1.49. The quantitative estimate of drug-likeness (QED) is 0.899. The Morgan fingerprint density at radius 3 is 2.61 bits per heavy atom. The number of aryl methyl sites for hydroxylation is 1. The van der Waals surface area contributed by atoms with E-state index in [2.05, 4.69) is 27.9 Å². The molecule has 0 atom stereocenters. The number of anilines is 1. The average Bonchev–Trinajstić information content (AvgIpc) is 2.74. The Balaban J connectivity index is 2.01. The van der Waals surface area contributed by atoms with Crippen LogP contribution in [-0.4, -0.2) is 21.4 Å². The monoisotopic (exact) mass is 262 g/mol. The first kappa shape index (κ1) is 13.0. The largest absolute Gasteiger partial charge is 0.375 e. The summed E-state index contributed by atoms with van der Waals surface area (Å²) < 4.78 is 0. The maximum absolute atomic E-state index is 5.64. The van der Waals surface area contributed by atoms with E-state index in [1.165, 1.54) is 11.3 Å². The van der Waals surface area contributed by atoms with Crippen molar-refractivity contribution in [1.82, 2.24) is 14.9 Å². The van der Waals surface area contributed by atoms with Crippen LogP contribution in [0.3, 0.4) is 0 Å². The van der Waals surface area contributed by atoms with Gasteiger partial charge >= 0.3 is 0 Å². The summed E-state index contributed by atoms with van der Waals surface area (Å²) in [7, 11) is 0. The molecule has 0 aliphatic heterocycles. The molecule has 0 bridgehead atoms. The van der Waals surface area contributed by atoms with Crippen LogP contribution in [0.15, 0.2) is 23.6 Å². The van der Waals surface area contributed by atoms with Crippen molar-refractivity contribution in [2.75, 3.05) is 12.3 Å². The number of pyridine rings is 1. The fraction of sp³-hybridized carbons (Fsp3) is 0.385. The molecule has 0 aliphatic rings. The molecule has 96 valence electrons. The van der Waals surface area contributed by atoms with Crippen molar-refractivity contribution >= 4 is 16.5 Å². The van der Waals surface area contributed by atoms with Gasteiger partial charge in [-0.25, -0.2) is 4.98 Å². The predicted molar refractivity (Wildman–Crippen MR) is 75.3 cm³/mol. The second-order valence-corrected chi connectivity index (χ2v) is 5.14. The van der Waals surface area contributed by atoms with Gasteiger partial charge in [-0.15, -0.1) is 11.3 Å². The highest BCUT2D eigenvalue weighted by Crippen LogP contribution is 2.14. The van der Waals surface area contributed by atoms with Gasteiger partial charge in [0, 0.05) is 24.2 Å². The third kappa shape index (κ3) is 3.51. The van der Waals surface area contributed by atoms with Gasteiger partial charge < -0.3 is 5.73 Å². The molecule has 0 aromatic carbocycles. The van der Waals surface area contributed by atoms with Gasteiger partial charge in [0.15, 0.2) is 5.13 Å². The smallest absolute Gasteiger partial charge is 0.180 e. The minimum Gasteiger partial charge on any atom is -0.375 e. The SMILES string of the molecule is CCN(Cc1cccc(C)n1)Cc1csc(N)n1. The lowest BCUT2D eigenvalue weighted by molar-refractivity contribution is 0.265. The molecule has 2 N–H and O–H groups in total. The molecular weight excluding hydrogens is 244 g/mol. The molecule has 2 rings (SSSR count). The third-order valence-electron chi connectivity index (χ3n) is 2.73. The first-order chi connectivity index (χ1) is 8.67. The van der Waals surface area contributed by atoms with Crippen molar-refractivity contribution in [3.05, 3.63) is 40.7 Å². The van der Waals surface area contributed by atoms with Crippen LogP contribution in [0.1, 0.15) is 24.0 Å². The van der Waals surface area contributed by atoms with Gasteiger partial charge in [0.2, 0.25) is 0 Å². The van der Waals surface area contributed by atoms with E-state index in [1.807, 2.05) is 24.4 Å². The van der Waals surface area contributed by atoms with Crippen molar-refractivity contribution in [1.29, 1.82) is 0 Å². The Kier molecular flexibility index (Phi) is 4.28. The van der Waals surface area contributed by atoms with Crippen LogP contribution in [0.5, 0.6) is 0 Å². The number of nitrogen functional groups attached to an aromatic ring is 1. The highest BCUT2D eigenvalue weighted by molar-refractivity contribution is 7.13. The predicted octanol–water partition coefficient (Wildman–Crippen LogP) is 2.45. The van der Waals surface area contributed by atoms with Crippen LogP contribution in [0, 0.1) is 6.92 Å². The Morgan fingerprint density at radius 1 is 1.22 bits per heavy atom. The lowest BCUT2D eigenvalue weighted by Gasteiger charge is -2.18. The minimum absolute atomic E-state index is 0.634. The van der Waals surface area contributed by atoms with Crippen molar-refractivity contribution in [3.8, 4) is 0 Å². The molecule has 4 nitrogen and oxygen atoms in total. The zero-order chi connectivity index (χ0) is 13.0. The van der Waals surface area contributed by atoms with Crippen LogP contribution < -0.4 is 5.73 Å².